The Morgan fingerprint density at radius 3 is 2.70 bits per heavy atom. The Labute approximate surface area is 165 Å². The summed E-state index contributed by atoms with van der Waals surface area (Å²) in [5, 5.41) is 6.04. The SMILES string of the molecule is O=C(CCc1ccccc1)NC(=S)Nc1ccccc1OCC1CCCO1. The van der Waals surface area contributed by atoms with Crippen LogP contribution in [0.25, 0.3) is 0 Å². The van der Waals surface area contributed by atoms with Crippen molar-refractivity contribution >= 4 is 28.9 Å². The summed E-state index contributed by atoms with van der Waals surface area (Å²) in [5.41, 5.74) is 1.85. The first kappa shape index (κ1) is 19.3. The third kappa shape index (κ3) is 6.34. The lowest BCUT2D eigenvalue weighted by atomic mass is 10.1. The molecule has 1 fully saturated rings. The zero-order valence-corrected chi connectivity index (χ0v) is 16.0. The smallest absolute Gasteiger partial charge is 0.226 e. The molecule has 1 aliphatic rings. The normalized spacial score (nSPS) is 15.9. The van der Waals surface area contributed by atoms with Crippen LogP contribution >= 0.6 is 12.2 Å². The Hall–Kier alpha value is -2.44. The van der Waals surface area contributed by atoms with Gasteiger partial charge in [0.15, 0.2) is 5.11 Å². The first-order valence-electron chi connectivity index (χ1n) is 9.19. The summed E-state index contributed by atoms with van der Waals surface area (Å²) in [6, 6.07) is 17.4. The lowest BCUT2D eigenvalue weighted by Gasteiger charge is -2.16. The molecule has 1 saturated heterocycles. The molecule has 2 N–H and O–H groups in total. The van der Waals surface area contributed by atoms with E-state index in [2.05, 4.69) is 10.6 Å². The summed E-state index contributed by atoms with van der Waals surface area (Å²) < 4.78 is 11.5. The first-order valence-corrected chi connectivity index (χ1v) is 9.60. The number of para-hydroxylation sites is 2. The molecule has 3 rings (SSSR count). The van der Waals surface area contributed by atoms with Gasteiger partial charge in [-0.05, 0) is 49.2 Å². The van der Waals surface area contributed by atoms with E-state index in [1.165, 1.54) is 0 Å². The average molecular weight is 385 g/mol. The highest BCUT2D eigenvalue weighted by Crippen LogP contribution is 2.25. The van der Waals surface area contributed by atoms with Gasteiger partial charge in [-0.3, -0.25) is 4.79 Å². The largest absolute Gasteiger partial charge is 0.489 e. The minimum atomic E-state index is -0.117. The van der Waals surface area contributed by atoms with E-state index in [1.807, 2.05) is 54.6 Å². The predicted octanol–water partition coefficient (Wildman–Crippen LogP) is 3.69. The maximum atomic E-state index is 12.1. The number of rotatable bonds is 7. The fourth-order valence-electron chi connectivity index (χ4n) is 2.90. The van der Waals surface area contributed by atoms with Crippen molar-refractivity contribution in [3.63, 3.8) is 0 Å². The monoisotopic (exact) mass is 384 g/mol. The number of hydrogen-bond acceptors (Lipinski definition) is 4. The topological polar surface area (TPSA) is 59.6 Å². The molecule has 1 aliphatic heterocycles. The second-order valence-electron chi connectivity index (χ2n) is 6.43. The number of ether oxygens (including phenoxy) is 2. The molecule has 0 saturated carbocycles. The van der Waals surface area contributed by atoms with E-state index in [0.717, 1.165) is 30.7 Å². The standard InChI is InChI=1S/C21H24N2O3S/c24-20(13-12-16-7-2-1-3-8-16)23-21(27)22-18-10-4-5-11-19(18)26-15-17-9-6-14-25-17/h1-5,7-8,10-11,17H,6,9,12-15H2,(H2,22,23,24,27). The van der Waals surface area contributed by atoms with E-state index in [0.29, 0.717) is 25.2 Å². The minimum Gasteiger partial charge on any atom is -0.489 e. The number of carbonyl (C=O) groups is 1. The second-order valence-corrected chi connectivity index (χ2v) is 6.84. The molecular formula is C21H24N2O3S. The van der Waals surface area contributed by atoms with Crippen LogP contribution in [0.15, 0.2) is 54.6 Å². The summed E-state index contributed by atoms with van der Waals surface area (Å²) in [6.45, 7) is 1.31. The summed E-state index contributed by atoms with van der Waals surface area (Å²) in [6.07, 6.45) is 3.29. The van der Waals surface area contributed by atoms with Crippen molar-refractivity contribution in [2.75, 3.05) is 18.5 Å². The Bertz CT molecular complexity index is 761. The van der Waals surface area contributed by atoms with Gasteiger partial charge < -0.3 is 20.1 Å². The molecule has 1 atom stereocenters. The number of carbonyl (C=O) groups excluding carboxylic acids is 1. The second kappa shape index (κ2) is 10.0. The summed E-state index contributed by atoms with van der Waals surface area (Å²) in [5.74, 6) is 0.572. The van der Waals surface area contributed by atoms with Crippen LogP contribution in [-0.2, 0) is 16.0 Å². The van der Waals surface area contributed by atoms with Gasteiger partial charge in [0.25, 0.3) is 0 Å². The van der Waals surface area contributed by atoms with Gasteiger partial charge in [0.2, 0.25) is 5.91 Å². The van der Waals surface area contributed by atoms with Crippen LogP contribution in [0.2, 0.25) is 0 Å². The zero-order valence-electron chi connectivity index (χ0n) is 15.1. The number of aryl methyl sites for hydroxylation is 1. The molecule has 0 radical (unpaired) electrons. The molecule has 0 aliphatic carbocycles. The van der Waals surface area contributed by atoms with Crippen LogP contribution in [0.4, 0.5) is 5.69 Å². The molecule has 5 nitrogen and oxygen atoms in total. The Kier molecular flexibility index (Phi) is 7.19. The Morgan fingerprint density at radius 2 is 1.93 bits per heavy atom. The van der Waals surface area contributed by atoms with Crippen molar-refractivity contribution in [2.45, 2.75) is 31.8 Å². The predicted molar refractivity (Wildman–Crippen MR) is 110 cm³/mol. The van der Waals surface area contributed by atoms with Gasteiger partial charge in [-0.25, -0.2) is 0 Å². The van der Waals surface area contributed by atoms with Crippen LogP contribution < -0.4 is 15.4 Å². The number of thiocarbonyl (C=S) groups is 1. The van der Waals surface area contributed by atoms with Crippen molar-refractivity contribution in [2.24, 2.45) is 0 Å². The molecule has 2 aromatic carbocycles. The zero-order chi connectivity index (χ0) is 18.9. The van der Waals surface area contributed by atoms with Crippen LogP contribution in [0.5, 0.6) is 5.75 Å². The molecule has 2 aromatic rings. The van der Waals surface area contributed by atoms with Crippen LogP contribution in [0.3, 0.4) is 0 Å². The summed E-state index contributed by atoms with van der Waals surface area (Å²) >= 11 is 5.27. The Morgan fingerprint density at radius 1 is 1.15 bits per heavy atom. The average Bonchev–Trinajstić information content (AvgIpc) is 3.20. The highest BCUT2D eigenvalue weighted by molar-refractivity contribution is 7.80. The summed E-state index contributed by atoms with van der Waals surface area (Å²) in [7, 11) is 0. The molecule has 1 unspecified atom stereocenters. The van der Waals surface area contributed by atoms with Gasteiger partial charge in [-0.2, -0.15) is 0 Å². The molecule has 0 aromatic heterocycles. The lowest BCUT2D eigenvalue weighted by Crippen LogP contribution is -2.34. The van der Waals surface area contributed by atoms with Gasteiger partial charge in [0, 0.05) is 13.0 Å². The van der Waals surface area contributed by atoms with E-state index in [-0.39, 0.29) is 17.1 Å². The van der Waals surface area contributed by atoms with Crippen molar-refractivity contribution in [3.8, 4) is 5.75 Å². The molecule has 0 bridgehead atoms. The first-order chi connectivity index (χ1) is 13.2. The van der Waals surface area contributed by atoms with Gasteiger partial charge >= 0.3 is 0 Å². The van der Waals surface area contributed by atoms with Gasteiger partial charge in [-0.1, -0.05) is 42.5 Å². The van der Waals surface area contributed by atoms with Gasteiger partial charge in [0.1, 0.15) is 12.4 Å². The Balaban J connectivity index is 1.47. The van der Waals surface area contributed by atoms with E-state index < -0.39 is 0 Å². The molecular weight excluding hydrogens is 360 g/mol. The molecule has 142 valence electrons. The number of benzene rings is 2. The van der Waals surface area contributed by atoms with Crippen molar-refractivity contribution in [1.82, 2.24) is 5.32 Å². The fraction of sp³-hybridized carbons (Fsp3) is 0.333. The van der Waals surface area contributed by atoms with Crippen molar-refractivity contribution in [1.29, 1.82) is 0 Å². The summed E-state index contributed by atoms with van der Waals surface area (Å²) in [4.78, 5) is 12.1. The molecule has 0 spiro atoms. The molecule has 1 amide bonds. The van der Waals surface area contributed by atoms with E-state index in [4.69, 9.17) is 21.7 Å². The van der Waals surface area contributed by atoms with Crippen molar-refractivity contribution < 1.29 is 14.3 Å². The van der Waals surface area contributed by atoms with E-state index in [9.17, 15) is 4.79 Å². The number of nitrogens with one attached hydrogen (secondary N) is 2. The molecule has 27 heavy (non-hydrogen) atoms. The maximum absolute atomic E-state index is 12.1. The van der Waals surface area contributed by atoms with Crippen molar-refractivity contribution in [3.05, 3.63) is 60.2 Å². The van der Waals surface area contributed by atoms with Crippen LogP contribution in [0.1, 0.15) is 24.8 Å². The van der Waals surface area contributed by atoms with Crippen LogP contribution in [-0.4, -0.2) is 30.3 Å². The number of anilines is 1. The lowest BCUT2D eigenvalue weighted by molar-refractivity contribution is -0.119. The quantitative estimate of drug-likeness (QED) is 0.713. The highest BCUT2D eigenvalue weighted by Gasteiger charge is 2.17. The minimum absolute atomic E-state index is 0.117. The van der Waals surface area contributed by atoms with Gasteiger partial charge in [-0.15, -0.1) is 0 Å². The van der Waals surface area contributed by atoms with Gasteiger partial charge in [0.05, 0.1) is 11.8 Å². The van der Waals surface area contributed by atoms with E-state index in [1.54, 1.807) is 0 Å². The van der Waals surface area contributed by atoms with Crippen LogP contribution in [0, 0.1) is 0 Å². The third-order valence-electron chi connectivity index (χ3n) is 4.32. The molecule has 6 heteroatoms. The molecule has 1 heterocycles. The van der Waals surface area contributed by atoms with E-state index >= 15 is 0 Å². The number of hydrogen-bond donors (Lipinski definition) is 2. The fourth-order valence-corrected chi connectivity index (χ4v) is 3.12. The third-order valence-corrected chi connectivity index (χ3v) is 4.52. The number of amides is 1. The highest BCUT2D eigenvalue weighted by atomic mass is 32.1. The maximum Gasteiger partial charge on any atom is 0.226 e.